The van der Waals surface area contributed by atoms with Crippen molar-refractivity contribution in [3.8, 4) is 0 Å². The number of benzene rings is 1. The second kappa shape index (κ2) is 4.65. The van der Waals surface area contributed by atoms with Gasteiger partial charge in [-0.25, -0.2) is 13.2 Å². The molecule has 0 saturated heterocycles. The molecule has 0 radical (unpaired) electrons. The van der Waals surface area contributed by atoms with Gasteiger partial charge >= 0.3 is 5.97 Å². The fraction of sp³-hybridized carbons (Fsp3) is 0.364. The quantitative estimate of drug-likeness (QED) is 0.755. The van der Waals surface area contributed by atoms with Gasteiger partial charge in [0.25, 0.3) is 0 Å². The summed E-state index contributed by atoms with van der Waals surface area (Å²) in [6.45, 7) is 3.70. The summed E-state index contributed by atoms with van der Waals surface area (Å²) >= 11 is 0. The van der Waals surface area contributed by atoms with Gasteiger partial charge in [-0.3, -0.25) is 0 Å². The van der Waals surface area contributed by atoms with Crippen molar-refractivity contribution in [1.29, 1.82) is 0 Å². The van der Waals surface area contributed by atoms with Crippen molar-refractivity contribution in [2.24, 2.45) is 0 Å². The van der Waals surface area contributed by atoms with E-state index in [0.717, 1.165) is 6.26 Å². The number of hydrogen-bond acceptors (Lipinski definition) is 4. The molecule has 0 amide bonds. The Balaban J connectivity index is 3.15. The zero-order chi connectivity index (χ0) is 12.3. The van der Waals surface area contributed by atoms with E-state index >= 15 is 0 Å². The maximum absolute atomic E-state index is 11.5. The van der Waals surface area contributed by atoms with Crippen molar-refractivity contribution in [2.45, 2.75) is 18.7 Å². The van der Waals surface area contributed by atoms with Crippen molar-refractivity contribution in [3.05, 3.63) is 29.3 Å². The van der Waals surface area contributed by atoms with Crippen LogP contribution in [0.3, 0.4) is 0 Å². The van der Waals surface area contributed by atoms with Gasteiger partial charge in [-0.2, -0.15) is 0 Å². The lowest BCUT2D eigenvalue weighted by molar-refractivity contribution is 0.0525. The number of sulfone groups is 1. The van der Waals surface area contributed by atoms with Gasteiger partial charge < -0.3 is 4.74 Å². The maximum atomic E-state index is 11.5. The van der Waals surface area contributed by atoms with E-state index in [2.05, 4.69) is 0 Å². The number of esters is 1. The molecule has 0 spiro atoms. The molecule has 0 aliphatic rings. The summed E-state index contributed by atoms with van der Waals surface area (Å²) in [5, 5.41) is 0. The standard InChI is InChI=1S/C11H14O4S/c1-4-15-11(12)10-6-5-9(7-8(10)2)16(3,13)14/h5-7H,4H2,1-3H3. The molecule has 0 heterocycles. The van der Waals surface area contributed by atoms with Crippen LogP contribution in [0.15, 0.2) is 23.1 Å². The smallest absolute Gasteiger partial charge is 0.338 e. The SMILES string of the molecule is CCOC(=O)c1ccc(S(C)(=O)=O)cc1C. The van der Waals surface area contributed by atoms with Crippen molar-refractivity contribution >= 4 is 15.8 Å². The molecule has 1 rings (SSSR count). The van der Waals surface area contributed by atoms with Gasteiger partial charge in [0, 0.05) is 6.26 Å². The Morgan fingerprint density at radius 3 is 2.44 bits per heavy atom. The van der Waals surface area contributed by atoms with Crippen LogP contribution in [-0.2, 0) is 14.6 Å². The van der Waals surface area contributed by atoms with Gasteiger partial charge in [-0.05, 0) is 37.6 Å². The van der Waals surface area contributed by atoms with E-state index in [1.165, 1.54) is 18.2 Å². The second-order valence-corrected chi connectivity index (χ2v) is 5.49. The molecule has 0 atom stereocenters. The topological polar surface area (TPSA) is 60.4 Å². The van der Waals surface area contributed by atoms with Gasteiger partial charge in [0.1, 0.15) is 0 Å². The first kappa shape index (κ1) is 12.7. The van der Waals surface area contributed by atoms with Crippen LogP contribution in [0.4, 0.5) is 0 Å². The van der Waals surface area contributed by atoms with E-state index < -0.39 is 15.8 Å². The van der Waals surface area contributed by atoms with E-state index in [9.17, 15) is 13.2 Å². The summed E-state index contributed by atoms with van der Waals surface area (Å²) in [7, 11) is -3.23. The third-order valence-electron chi connectivity index (χ3n) is 2.12. The third-order valence-corrected chi connectivity index (χ3v) is 3.23. The molecule has 1 aromatic carbocycles. The van der Waals surface area contributed by atoms with E-state index in [-0.39, 0.29) is 4.90 Å². The summed E-state index contributed by atoms with van der Waals surface area (Å²) in [6, 6.07) is 4.36. The van der Waals surface area contributed by atoms with Crippen molar-refractivity contribution in [3.63, 3.8) is 0 Å². The van der Waals surface area contributed by atoms with Crippen LogP contribution in [0.5, 0.6) is 0 Å². The van der Waals surface area contributed by atoms with Crippen LogP contribution in [0.1, 0.15) is 22.8 Å². The minimum atomic E-state index is -3.23. The Kier molecular flexibility index (Phi) is 3.70. The number of ether oxygens (including phenoxy) is 1. The first-order chi connectivity index (χ1) is 7.36. The Hall–Kier alpha value is -1.36. The summed E-state index contributed by atoms with van der Waals surface area (Å²) < 4.78 is 27.4. The Morgan fingerprint density at radius 2 is 2.00 bits per heavy atom. The van der Waals surface area contributed by atoms with Crippen molar-refractivity contribution < 1.29 is 17.9 Å². The van der Waals surface area contributed by atoms with E-state index in [0.29, 0.717) is 17.7 Å². The molecule has 0 fully saturated rings. The highest BCUT2D eigenvalue weighted by molar-refractivity contribution is 7.90. The van der Waals surface area contributed by atoms with E-state index in [1.54, 1.807) is 13.8 Å². The molecule has 0 aromatic heterocycles. The molecule has 1 aromatic rings. The number of carbonyl (C=O) groups is 1. The zero-order valence-electron chi connectivity index (χ0n) is 9.48. The molecular formula is C11H14O4S. The zero-order valence-corrected chi connectivity index (χ0v) is 10.3. The van der Waals surface area contributed by atoms with Crippen LogP contribution in [0, 0.1) is 6.92 Å². The van der Waals surface area contributed by atoms with Gasteiger partial charge in [0.05, 0.1) is 17.1 Å². The predicted octanol–water partition coefficient (Wildman–Crippen LogP) is 1.58. The summed E-state index contributed by atoms with van der Waals surface area (Å²) in [6.07, 6.45) is 1.13. The number of carbonyl (C=O) groups excluding carboxylic acids is 1. The van der Waals surface area contributed by atoms with Crippen LogP contribution >= 0.6 is 0 Å². The molecule has 5 heteroatoms. The molecular weight excluding hydrogens is 228 g/mol. The van der Waals surface area contributed by atoms with Crippen LogP contribution in [-0.4, -0.2) is 27.2 Å². The highest BCUT2D eigenvalue weighted by atomic mass is 32.2. The molecule has 0 aliphatic heterocycles. The number of hydrogen-bond donors (Lipinski definition) is 0. The lowest BCUT2D eigenvalue weighted by atomic mass is 10.1. The first-order valence-electron chi connectivity index (χ1n) is 4.84. The largest absolute Gasteiger partial charge is 0.462 e. The maximum Gasteiger partial charge on any atom is 0.338 e. The molecule has 88 valence electrons. The van der Waals surface area contributed by atoms with Crippen molar-refractivity contribution in [1.82, 2.24) is 0 Å². The Bertz CT molecular complexity index is 503. The monoisotopic (exact) mass is 242 g/mol. The summed E-state index contributed by atoms with van der Waals surface area (Å²) in [5.41, 5.74) is 0.996. The van der Waals surface area contributed by atoms with Crippen molar-refractivity contribution in [2.75, 3.05) is 12.9 Å². The molecule has 0 aliphatic carbocycles. The first-order valence-corrected chi connectivity index (χ1v) is 6.73. The molecule has 0 unspecified atom stereocenters. The molecule has 4 nitrogen and oxygen atoms in total. The number of rotatable bonds is 3. The average molecular weight is 242 g/mol. The van der Waals surface area contributed by atoms with Gasteiger partial charge in [0.2, 0.25) is 0 Å². The van der Waals surface area contributed by atoms with Gasteiger partial charge in [0.15, 0.2) is 9.84 Å². The Labute approximate surface area is 95.2 Å². The van der Waals surface area contributed by atoms with Gasteiger partial charge in [-0.15, -0.1) is 0 Å². The van der Waals surface area contributed by atoms with E-state index in [4.69, 9.17) is 4.74 Å². The van der Waals surface area contributed by atoms with E-state index in [1.807, 2.05) is 0 Å². The molecule has 0 N–H and O–H groups in total. The normalized spacial score (nSPS) is 11.2. The minimum absolute atomic E-state index is 0.207. The predicted molar refractivity (Wildman–Crippen MR) is 60.2 cm³/mol. The van der Waals surface area contributed by atoms with Crippen LogP contribution in [0.2, 0.25) is 0 Å². The highest BCUT2D eigenvalue weighted by Gasteiger charge is 2.13. The lowest BCUT2D eigenvalue weighted by Crippen LogP contribution is -2.08. The lowest BCUT2D eigenvalue weighted by Gasteiger charge is -2.06. The highest BCUT2D eigenvalue weighted by Crippen LogP contribution is 2.16. The van der Waals surface area contributed by atoms with Gasteiger partial charge in [-0.1, -0.05) is 0 Å². The number of aryl methyl sites for hydroxylation is 1. The molecule has 16 heavy (non-hydrogen) atoms. The fourth-order valence-electron chi connectivity index (χ4n) is 1.30. The minimum Gasteiger partial charge on any atom is -0.462 e. The summed E-state index contributed by atoms with van der Waals surface area (Å²) in [5.74, 6) is -0.431. The third kappa shape index (κ3) is 2.82. The average Bonchev–Trinajstić information content (AvgIpc) is 2.16. The fourth-order valence-corrected chi connectivity index (χ4v) is 2.01. The molecule has 0 saturated carbocycles. The van der Waals surface area contributed by atoms with Crippen LogP contribution in [0.25, 0.3) is 0 Å². The Morgan fingerprint density at radius 1 is 1.38 bits per heavy atom. The molecule has 0 bridgehead atoms. The summed E-state index contributed by atoms with van der Waals surface area (Å²) in [4.78, 5) is 11.7. The van der Waals surface area contributed by atoms with Crippen LogP contribution < -0.4 is 0 Å². The second-order valence-electron chi connectivity index (χ2n) is 3.47.